The quantitative estimate of drug-likeness (QED) is 0.795. The Bertz CT molecular complexity index is 572. The van der Waals surface area contributed by atoms with Crippen molar-refractivity contribution in [3.63, 3.8) is 0 Å². The zero-order valence-electron chi connectivity index (χ0n) is 12.1. The van der Waals surface area contributed by atoms with Crippen LogP contribution in [0.5, 0.6) is 0 Å². The maximum Gasteiger partial charge on any atom is 0.335 e. The fourth-order valence-corrected chi connectivity index (χ4v) is 2.82. The molecular formula is C15H19ClN2O3. The minimum absolute atomic E-state index is 0.0803. The van der Waals surface area contributed by atoms with E-state index in [1.807, 2.05) is 0 Å². The summed E-state index contributed by atoms with van der Waals surface area (Å²) in [6, 6.07) is 3.98. The molecule has 1 fully saturated rings. The van der Waals surface area contributed by atoms with Crippen molar-refractivity contribution in [2.24, 2.45) is 5.41 Å². The predicted octanol–water partition coefficient (Wildman–Crippen LogP) is 3.74. The van der Waals surface area contributed by atoms with E-state index in [-0.39, 0.29) is 23.1 Å². The minimum Gasteiger partial charge on any atom is -0.478 e. The molecule has 5 nitrogen and oxygen atoms in total. The molecule has 114 valence electrons. The molecule has 1 saturated carbocycles. The minimum atomic E-state index is -1.06. The van der Waals surface area contributed by atoms with Crippen LogP contribution in [0.25, 0.3) is 0 Å². The van der Waals surface area contributed by atoms with Crippen molar-refractivity contribution in [1.29, 1.82) is 0 Å². The summed E-state index contributed by atoms with van der Waals surface area (Å²) in [5.74, 6) is -1.06. The summed E-state index contributed by atoms with van der Waals surface area (Å²) in [5.41, 5.74) is 0.627. The van der Waals surface area contributed by atoms with E-state index in [1.165, 1.54) is 18.2 Å². The second-order valence-corrected chi connectivity index (χ2v) is 6.61. The lowest BCUT2D eigenvalue weighted by molar-refractivity contribution is 0.0697. The Kier molecular flexibility index (Phi) is 4.42. The van der Waals surface area contributed by atoms with Gasteiger partial charge in [-0.05, 0) is 42.9 Å². The molecule has 6 heteroatoms. The second-order valence-electron chi connectivity index (χ2n) is 6.20. The van der Waals surface area contributed by atoms with E-state index >= 15 is 0 Å². The summed E-state index contributed by atoms with van der Waals surface area (Å²) in [4.78, 5) is 22.9. The van der Waals surface area contributed by atoms with Crippen LogP contribution in [0.3, 0.4) is 0 Å². The van der Waals surface area contributed by atoms with Gasteiger partial charge in [0, 0.05) is 6.04 Å². The Morgan fingerprint density at radius 3 is 2.67 bits per heavy atom. The number of urea groups is 1. The van der Waals surface area contributed by atoms with Crippen LogP contribution >= 0.6 is 11.6 Å². The molecule has 0 saturated heterocycles. The van der Waals surface area contributed by atoms with Crippen LogP contribution in [-0.2, 0) is 0 Å². The Morgan fingerprint density at radius 1 is 1.38 bits per heavy atom. The van der Waals surface area contributed by atoms with Gasteiger partial charge in [-0.1, -0.05) is 25.4 Å². The molecule has 0 heterocycles. The number of halogens is 1. The molecule has 1 aliphatic rings. The SMILES string of the molecule is CC1(C)CCC(NC(=O)Nc2cc(C(=O)O)ccc2Cl)C1. The number of benzene rings is 1. The highest BCUT2D eigenvalue weighted by Gasteiger charge is 2.31. The molecule has 1 aromatic rings. The highest BCUT2D eigenvalue weighted by molar-refractivity contribution is 6.33. The summed E-state index contributed by atoms with van der Waals surface area (Å²) < 4.78 is 0. The summed E-state index contributed by atoms with van der Waals surface area (Å²) in [6.07, 6.45) is 2.96. The number of amides is 2. The monoisotopic (exact) mass is 310 g/mol. The maximum absolute atomic E-state index is 12.0. The molecule has 0 bridgehead atoms. The number of carbonyl (C=O) groups is 2. The van der Waals surface area contributed by atoms with Crippen molar-refractivity contribution in [1.82, 2.24) is 5.32 Å². The number of carboxylic acids is 1. The van der Waals surface area contributed by atoms with Gasteiger partial charge in [-0.25, -0.2) is 9.59 Å². The molecule has 0 spiro atoms. The smallest absolute Gasteiger partial charge is 0.335 e. The fraction of sp³-hybridized carbons (Fsp3) is 0.467. The van der Waals surface area contributed by atoms with E-state index in [9.17, 15) is 9.59 Å². The van der Waals surface area contributed by atoms with E-state index in [1.54, 1.807) is 0 Å². The number of rotatable bonds is 3. The first-order valence-corrected chi connectivity index (χ1v) is 7.25. The van der Waals surface area contributed by atoms with Crippen LogP contribution in [0.15, 0.2) is 18.2 Å². The molecule has 0 radical (unpaired) electrons. The number of carboxylic acid groups (broad SMARTS) is 1. The van der Waals surface area contributed by atoms with Crippen LogP contribution in [-0.4, -0.2) is 23.1 Å². The lowest BCUT2D eigenvalue weighted by Gasteiger charge is -2.18. The summed E-state index contributed by atoms with van der Waals surface area (Å²) >= 11 is 5.97. The fourth-order valence-electron chi connectivity index (χ4n) is 2.66. The molecule has 1 unspecified atom stereocenters. The molecule has 1 aromatic carbocycles. The number of aromatic carboxylic acids is 1. The lowest BCUT2D eigenvalue weighted by atomic mass is 9.92. The third kappa shape index (κ3) is 4.11. The molecule has 3 N–H and O–H groups in total. The molecule has 2 amide bonds. The lowest BCUT2D eigenvalue weighted by Crippen LogP contribution is -2.36. The van der Waals surface area contributed by atoms with Crippen molar-refractivity contribution in [3.05, 3.63) is 28.8 Å². The molecule has 0 aliphatic heterocycles. The number of carbonyl (C=O) groups excluding carboxylic acids is 1. The largest absolute Gasteiger partial charge is 0.478 e. The van der Waals surface area contributed by atoms with Gasteiger partial charge in [0.1, 0.15) is 0 Å². The number of anilines is 1. The van der Waals surface area contributed by atoms with Crippen LogP contribution in [0.1, 0.15) is 43.5 Å². The van der Waals surface area contributed by atoms with Crippen molar-refractivity contribution in [3.8, 4) is 0 Å². The van der Waals surface area contributed by atoms with Crippen molar-refractivity contribution >= 4 is 29.3 Å². The molecule has 1 aliphatic carbocycles. The first-order chi connectivity index (χ1) is 9.77. The Labute approximate surface area is 128 Å². The van der Waals surface area contributed by atoms with Gasteiger partial charge in [-0.15, -0.1) is 0 Å². The zero-order chi connectivity index (χ0) is 15.6. The first kappa shape index (κ1) is 15.6. The normalized spacial score (nSPS) is 20.0. The van der Waals surface area contributed by atoms with Gasteiger partial charge in [-0.2, -0.15) is 0 Å². The maximum atomic E-state index is 12.0. The van der Waals surface area contributed by atoms with Gasteiger partial charge in [0.05, 0.1) is 16.3 Å². The van der Waals surface area contributed by atoms with Crippen LogP contribution in [0.2, 0.25) is 5.02 Å². The van der Waals surface area contributed by atoms with Gasteiger partial charge in [-0.3, -0.25) is 0 Å². The summed E-state index contributed by atoms with van der Waals surface area (Å²) in [7, 11) is 0. The van der Waals surface area contributed by atoms with E-state index in [0.29, 0.717) is 10.7 Å². The number of hydrogen-bond acceptors (Lipinski definition) is 2. The van der Waals surface area contributed by atoms with Crippen LogP contribution < -0.4 is 10.6 Å². The highest BCUT2D eigenvalue weighted by atomic mass is 35.5. The first-order valence-electron chi connectivity index (χ1n) is 6.87. The average molecular weight is 311 g/mol. The molecule has 1 atom stereocenters. The summed E-state index contributed by atoms with van der Waals surface area (Å²) in [6.45, 7) is 4.36. The van der Waals surface area contributed by atoms with Crippen LogP contribution in [0.4, 0.5) is 10.5 Å². The molecule has 0 aromatic heterocycles. The Morgan fingerprint density at radius 2 is 2.10 bits per heavy atom. The highest BCUT2D eigenvalue weighted by Crippen LogP contribution is 2.36. The van der Waals surface area contributed by atoms with Crippen molar-refractivity contribution in [2.75, 3.05) is 5.32 Å². The predicted molar refractivity (Wildman–Crippen MR) is 82.0 cm³/mol. The van der Waals surface area contributed by atoms with Crippen molar-refractivity contribution < 1.29 is 14.7 Å². The second kappa shape index (κ2) is 5.93. The molecule has 21 heavy (non-hydrogen) atoms. The summed E-state index contributed by atoms with van der Waals surface area (Å²) in [5, 5.41) is 14.8. The van der Waals surface area contributed by atoms with E-state index in [0.717, 1.165) is 19.3 Å². The van der Waals surface area contributed by atoms with Gasteiger partial charge >= 0.3 is 12.0 Å². The molecular weight excluding hydrogens is 292 g/mol. The van der Waals surface area contributed by atoms with Gasteiger partial charge in [0.25, 0.3) is 0 Å². The third-order valence-corrected chi connectivity index (χ3v) is 4.09. The van der Waals surface area contributed by atoms with E-state index in [4.69, 9.17) is 16.7 Å². The van der Waals surface area contributed by atoms with Gasteiger partial charge < -0.3 is 15.7 Å². The topological polar surface area (TPSA) is 78.4 Å². The third-order valence-electron chi connectivity index (χ3n) is 3.77. The number of hydrogen-bond donors (Lipinski definition) is 3. The standard InChI is InChI=1S/C15H19ClN2O3/c1-15(2)6-5-10(8-15)17-14(21)18-12-7-9(13(19)20)3-4-11(12)16/h3-4,7,10H,5-6,8H2,1-2H3,(H,19,20)(H2,17,18,21). The Hall–Kier alpha value is -1.75. The van der Waals surface area contributed by atoms with E-state index < -0.39 is 5.97 Å². The number of nitrogens with one attached hydrogen (secondary N) is 2. The van der Waals surface area contributed by atoms with Gasteiger partial charge in [0.2, 0.25) is 0 Å². The molecule has 2 rings (SSSR count). The average Bonchev–Trinajstić information content (AvgIpc) is 2.71. The van der Waals surface area contributed by atoms with Crippen LogP contribution in [0, 0.1) is 5.41 Å². The van der Waals surface area contributed by atoms with E-state index in [2.05, 4.69) is 24.5 Å². The van der Waals surface area contributed by atoms with Crippen molar-refractivity contribution in [2.45, 2.75) is 39.2 Å². The van der Waals surface area contributed by atoms with Gasteiger partial charge in [0.15, 0.2) is 0 Å². The Balaban J connectivity index is 2.00. The zero-order valence-corrected chi connectivity index (χ0v) is 12.8.